The molecule has 0 aliphatic heterocycles. The fraction of sp³-hybridized carbons (Fsp3) is 0.867. The summed E-state index contributed by atoms with van der Waals surface area (Å²) >= 11 is 0.898. The van der Waals surface area contributed by atoms with E-state index < -0.39 is 5.25 Å². The van der Waals surface area contributed by atoms with E-state index in [1.165, 1.54) is 6.42 Å². The summed E-state index contributed by atoms with van der Waals surface area (Å²) in [5, 5.41) is 10.1. The van der Waals surface area contributed by atoms with Crippen molar-refractivity contribution in [1.29, 1.82) is 5.26 Å². The predicted octanol–water partition coefficient (Wildman–Crippen LogP) is 2.92. The van der Waals surface area contributed by atoms with Crippen molar-refractivity contribution in [1.82, 2.24) is 0 Å². The molecule has 5 heteroatoms. The van der Waals surface area contributed by atoms with Gasteiger partial charge in [-0.25, -0.2) is 0 Å². The molecule has 0 aromatic carbocycles. The molecule has 1 aliphatic carbocycles. The minimum atomic E-state index is -0.593. The molecule has 5 atom stereocenters. The summed E-state index contributed by atoms with van der Waals surface area (Å²) in [7, 11) is 0. The lowest BCUT2D eigenvalue weighted by molar-refractivity contribution is -0.155. The molecule has 4 nitrogen and oxygen atoms in total. The van der Waals surface area contributed by atoms with Crippen molar-refractivity contribution < 1.29 is 9.53 Å². The molecule has 0 radical (unpaired) electrons. The number of ether oxygens (including phenoxy) is 1. The van der Waals surface area contributed by atoms with Crippen molar-refractivity contribution >= 4 is 17.7 Å². The zero-order valence-corrected chi connectivity index (χ0v) is 13.7. The fourth-order valence-corrected chi connectivity index (χ4v) is 3.37. The molecule has 0 heterocycles. The van der Waals surface area contributed by atoms with Crippen LogP contribution in [0.4, 0.5) is 0 Å². The molecule has 1 rings (SSSR count). The van der Waals surface area contributed by atoms with Gasteiger partial charge in [-0.2, -0.15) is 5.26 Å². The highest BCUT2D eigenvalue weighted by molar-refractivity contribution is 8.05. The van der Waals surface area contributed by atoms with Crippen molar-refractivity contribution in [2.24, 2.45) is 23.5 Å². The maximum absolute atomic E-state index is 12.2. The maximum Gasteiger partial charge on any atom is 0.322 e. The van der Waals surface area contributed by atoms with Crippen LogP contribution in [0.5, 0.6) is 0 Å². The Morgan fingerprint density at radius 2 is 2.05 bits per heavy atom. The van der Waals surface area contributed by atoms with Crippen molar-refractivity contribution in [2.45, 2.75) is 64.4 Å². The van der Waals surface area contributed by atoms with Gasteiger partial charge >= 0.3 is 5.97 Å². The minimum Gasteiger partial charge on any atom is -0.461 e. The lowest BCUT2D eigenvalue weighted by Crippen LogP contribution is -2.42. The zero-order valence-electron chi connectivity index (χ0n) is 12.8. The van der Waals surface area contributed by atoms with E-state index in [9.17, 15) is 4.79 Å². The Morgan fingerprint density at radius 3 is 2.55 bits per heavy atom. The number of hydrogen-bond acceptors (Lipinski definition) is 5. The third kappa shape index (κ3) is 4.68. The number of nitrogens with two attached hydrogens (primary N) is 1. The van der Waals surface area contributed by atoms with E-state index in [2.05, 4.69) is 20.8 Å². The van der Waals surface area contributed by atoms with E-state index in [-0.39, 0.29) is 18.1 Å². The predicted molar refractivity (Wildman–Crippen MR) is 81.9 cm³/mol. The summed E-state index contributed by atoms with van der Waals surface area (Å²) in [5.41, 5.74) is 5.78. The van der Waals surface area contributed by atoms with Gasteiger partial charge in [-0.05, 0) is 49.3 Å². The van der Waals surface area contributed by atoms with Crippen LogP contribution >= 0.6 is 11.8 Å². The molecule has 1 aliphatic rings. The van der Waals surface area contributed by atoms with Gasteiger partial charge in [0, 0.05) is 6.04 Å². The molecule has 20 heavy (non-hydrogen) atoms. The van der Waals surface area contributed by atoms with Crippen LogP contribution in [-0.2, 0) is 9.53 Å². The third-order valence-corrected chi connectivity index (χ3v) is 5.10. The van der Waals surface area contributed by atoms with Gasteiger partial charge in [0.05, 0.1) is 0 Å². The molecule has 5 unspecified atom stereocenters. The van der Waals surface area contributed by atoms with E-state index in [0.29, 0.717) is 17.8 Å². The van der Waals surface area contributed by atoms with Gasteiger partial charge in [0.2, 0.25) is 0 Å². The highest BCUT2D eigenvalue weighted by Crippen LogP contribution is 2.35. The van der Waals surface area contributed by atoms with E-state index in [1.54, 1.807) is 6.92 Å². The molecule has 0 amide bonds. The van der Waals surface area contributed by atoms with Crippen LogP contribution in [0.25, 0.3) is 0 Å². The number of nitriles is 1. The van der Waals surface area contributed by atoms with Gasteiger partial charge in [0.15, 0.2) is 0 Å². The summed E-state index contributed by atoms with van der Waals surface area (Å²) in [5.74, 6) is 1.16. The summed E-state index contributed by atoms with van der Waals surface area (Å²) in [4.78, 5) is 12.2. The molecule has 2 N–H and O–H groups in total. The second kappa shape index (κ2) is 7.90. The molecule has 1 saturated carbocycles. The SMILES string of the molecule is CC1CCC(C(C)C)C(OC(=O)C(SC#N)C(C)N)C1. The third-order valence-electron chi connectivity index (χ3n) is 4.12. The van der Waals surface area contributed by atoms with Crippen molar-refractivity contribution in [3.05, 3.63) is 0 Å². The largest absolute Gasteiger partial charge is 0.461 e. The standard InChI is InChI=1S/C15H26N2O2S/c1-9(2)12-6-5-10(3)7-13(12)19-15(18)14(11(4)17)20-8-16/h9-14H,5-7,17H2,1-4H3. The number of hydrogen-bond donors (Lipinski definition) is 1. The van der Waals surface area contributed by atoms with Crippen LogP contribution in [0, 0.1) is 28.4 Å². The lowest BCUT2D eigenvalue weighted by atomic mass is 9.75. The Balaban J connectivity index is 2.72. The second-order valence-corrected chi connectivity index (χ2v) is 7.22. The summed E-state index contributed by atoms with van der Waals surface area (Å²) in [6.07, 6.45) is 3.18. The van der Waals surface area contributed by atoms with Crippen molar-refractivity contribution in [2.75, 3.05) is 0 Å². The number of carbonyl (C=O) groups excluding carboxylic acids is 1. The van der Waals surface area contributed by atoms with E-state index in [0.717, 1.165) is 24.6 Å². The minimum absolute atomic E-state index is 0.0354. The number of rotatable bonds is 5. The molecular weight excluding hydrogens is 272 g/mol. The Kier molecular flexibility index (Phi) is 6.84. The van der Waals surface area contributed by atoms with Crippen LogP contribution in [-0.4, -0.2) is 23.4 Å². The number of thioether (sulfide) groups is 1. The van der Waals surface area contributed by atoms with E-state index in [1.807, 2.05) is 5.40 Å². The first-order valence-electron chi connectivity index (χ1n) is 7.37. The van der Waals surface area contributed by atoms with Gasteiger partial charge < -0.3 is 10.5 Å². The van der Waals surface area contributed by atoms with Crippen molar-refractivity contribution in [3.63, 3.8) is 0 Å². The zero-order chi connectivity index (χ0) is 15.3. The first kappa shape index (κ1) is 17.3. The Labute approximate surface area is 126 Å². The van der Waals surface area contributed by atoms with Gasteiger partial charge in [0.25, 0.3) is 0 Å². The monoisotopic (exact) mass is 298 g/mol. The molecule has 0 bridgehead atoms. The van der Waals surface area contributed by atoms with Crippen LogP contribution in [0.15, 0.2) is 0 Å². The number of esters is 1. The number of thiocyanates is 1. The van der Waals surface area contributed by atoms with Gasteiger partial charge in [0.1, 0.15) is 16.8 Å². The topological polar surface area (TPSA) is 76.1 Å². The summed E-state index contributed by atoms with van der Waals surface area (Å²) in [6, 6.07) is -0.384. The maximum atomic E-state index is 12.2. The average Bonchev–Trinajstić information content (AvgIpc) is 2.34. The first-order valence-corrected chi connectivity index (χ1v) is 8.25. The molecular formula is C15H26N2O2S. The molecule has 0 aromatic heterocycles. The summed E-state index contributed by atoms with van der Waals surface area (Å²) < 4.78 is 5.72. The van der Waals surface area contributed by atoms with Gasteiger partial charge in [-0.3, -0.25) is 4.79 Å². The average molecular weight is 298 g/mol. The summed E-state index contributed by atoms with van der Waals surface area (Å²) in [6.45, 7) is 8.28. The Morgan fingerprint density at radius 1 is 1.40 bits per heavy atom. The van der Waals surface area contributed by atoms with Gasteiger partial charge in [-0.1, -0.05) is 27.2 Å². The van der Waals surface area contributed by atoms with E-state index in [4.69, 9.17) is 15.7 Å². The number of carbonyl (C=O) groups is 1. The molecule has 0 saturated heterocycles. The van der Waals surface area contributed by atoms with Crippen LogP contribution < -0.4 is 5.73 Å². The van der Waals surface area contributed by atoms with Gasteiger partial charge in [-0.15, -0.1) is 0 Å². The van der Waals surface area contributed by atoms with Crippen LogP contribution in [0.3, 0.4) is 0 Å². The van der Waals surface area contributed by atoms with Crippen molar-refractivity contribution in [3.8, 4) is 5.40 Å². The Hall–Kier alpha value is -0.730. The molecule has 0 aromatic rings. The smallest absolute Gasteiger partial charge is 0.322 e. The first-order chi connectivity index (χ1) is 9.36. The lowest BCUT2D eigenvalue weighted by Gasteiger charge is -2.37. The normalized spacial score (nSPS) is 29.6. The molecule has 114 valence electrons. The molecule has 1 fully saturated rings. The highest BCUT2D eigenvalue weighted by atomic mass is 32.2. The number of nitrogens with zero attached hydrogens (tertiary/aromatic N) is 1. The fourth-order valence-electron chi connectivity index (χ4n) is 2.89. The Bertz CT molecular complexity index is 365. The highest BCUT2D eigenvalue weighted by Gasteiger charge is 2.35. The molecule has 0 spiro atoms. The van der Waals surface area contributed by atoms with Crippen LogP contribution in [0.1, 0.15) is 47.0 Å². The van der Waals surface area contributed by atoms with E-state index >= 15 is 0 Å². The quantitative estimate of drug-likeness (QED) is 0.624. The second-order valence-electron chi connectivity index (χ2n) is 6.29. The van der Waals surface area contributed by atoms with Crippen LogP contribution in [0.2, 0.25) is 0 Å².